The van der Waals surface area contributed by atoms with Gasteiger partial charge in [0.05, 0.1) is 16.8 Å². The molecule has 0 aliphatic carbocycles. The third-order valence-corrected chi connectivity index (χ3v) is 5.76. The molecule has 0 bridgehead atoms. The topological polar surface area (TPSA) is 110 Å². The Bertz CT molecular complexity index is 1410. The summed E-state index contributed by atoms with van der Waals surface area (Å²) in [6.45, 7) is 0. The number of anilines is 1. The van der Waals surface area contributed by atoms with Crippen molar-refractivity contribution >= 4 is 46.3 Å². The van der Waals surface area contributed by atoms with Crippen LogP contribution in [0, 0.1) is 0 Å². The maximum atomic E-state index is 12.3. The molecule has 0 radical (unpaired) electrons. The average Bonchev–Trinajstić information content (AvgIpc) is 3.50. The number of amides is 1. The molecule has 0 unspecified atom stereocenters. The standard InChI is InChI=1S/C23H16ClN5O2S/c24-18-8-5-15(27-23(30)20-2-1-9-31-20)11-17(18)21-28-19-10-14(12-26-22(19)29-21)13-3-6-16(32-25)7-4-13/h1-12H,25H2,(H,27,30)(H,26,28,29). The van der Waals surface area contributed by atoms with Crippen molar-refractivity contribution in [1.29, 1.82) is 0 Å². The van der Waals surface area contributed by atoms with Gasteiger partial charge in [0.25, 0.3) is 5.91 Å². The fraction of sp³-hybridized carbons (Fsp3) is 0. The molecule has 5 aromatic rings. The van der Waals surface area contributed by atoms with E-state index in [9.17, 15) is 4.79 Å². The van der Waals surface area contributed by atoms with E-state index in [2.05, 4.69) is 20.3 Å². The van der Waals surface area contributed by atoms with Crippen molar-refractivity contribution in [2.24, 2.45) is 5.14 Å². The number of H-pyrrole nitrogens is 1. The summed E-state index contributed by atoms with van der Waals surface area (Å²) in [7, 11) is 0. The number of hydrogen-bond acceptors (Lipinski definition) is 6. The molecule has 3 aromatic heterocycles. The molecule has 0 aliphatic heterocycles. The van der Waals surface area contributed by atoms with Crippen molar-refractivity contribution in [1.82, 2.24) is 15.0 Å². The number of benzene rings is 2. The molecule has 0 aliphatic rings. The van der Waals surface area contributed by atoms with Crippen LogP contribution in [0.15, 0.2) is 82.4 Å². The lowest BCUT2D eigenvalue weighted by Crippen LogP contribution is -2.10. The molecule has 0 spiro atoms. The average molecular weight is 462 g/mol. The number of nitrogens with two attached hydrogens (primary N) is 1. The minimum absolute atomic E-state index is 0.222. The molecule has 4 N–H and O–H groups in total. The van der Waals surface area contributed by atoms with E-state index < -0.39 is 0 Å². The Labute approximate surface area is 192 Å². The predicted molar refractivity (Wildman–Crippen MR) is 126 cm³/mol. The van der Waals surface area contributed by atoms with Crippen LogP contribution in [0.25, 0.3) is 33.7 Å². The van der Waals surface area contributed by atoms with Gasteiger partial charge in [0, 0.05) is 27.9 Å². The molecule has 5 rings (SSSR count). The number of imidazole rings is 1. The van der Waals surface area contributed by atoms with E-state index in [4.69, 9.17) is 21.2 Å². The van der Waals surface area contributed by atoms with Gasteiger partial charge in [0.2, 0.25) is 0 Å². The molecular weight excluding hydrogens is 446 g/mol. The number of pyridine rings is 1. The molecule has 0 saturated heterocycles. The van der Waals surface area contributed by atoms with Crippen LogP contribution in [0.4, 0.5) is 5.69 Å². The first kappa shape index (κ1) is 20.3. The number of nitrogens with one attached hydrogen (secondary N) is 2. The lowest BCUT2D eigenvalue weighted by Gasteiger charge is -2.07. The van der Waals surface area contributed by atoms with Gasteiger partial charge in [-0.15, -0.1) is 0 Å². The van der Waals surface area contributed by atoms with E-state index in [1.54, 1.807) is 36.5 Å². The Morgan fingerprint density at radius 2 is 1.94 bits per heavy atom. The van der Waals surface area contributed by atoms with Crippen molar-refractivity contribution in [3.05, 3.63) is 83.9 Å². The first-order valence-corrected chi connectivity index (χ1v) is 10.8. The lowest BCUT2D eigenvalue weighted by atomic mass is 10.1. The minimum Gasteiger partial charge on any atom is -0.459 e. The van der Waals surface area contributed by atoms with E-state index in [-0.39, 0.29) is 11.7 Å². The zero-order valence-corrected chi connectivity index (χ0v) is 18.1. The second-order valence-corrected chi connectivity index (χ2v) is 8.06. The Kier molecular flexibility index (Phi) is 5.40. The molecule has 3 heterocycles. The number of rotatable bonds is 5. The van der Waals surface area contributed by atoms with Crippen LogP contribution in [-0.2, 0) is 0 Å². The summed E-state index contributed by atoms with van der Waals surface area (Å²) in [5.74, 6) is 0.428. The number of hydrogen-bond donors (Lipinski definition) is 3. The monoisotopic (exact) mass is 461 g/mol. The summed E-state index contributed by atoms with van der Waals surface area (Å²) in [6.07, 6.45) is 3.22. The van der Waals surface area contributed by atoms with Crippen LogP contribution in [0.5, 0.6) is 0 Å². The van der Waals surface area contributed by atoms with Crippen LogP contribution in [0.2, 0.25) is 5.02 Å². The van der Waals surface area contributed by atoms with E-state index >= 15 is 0 Å². The highest BCUT2D eigenvalue weighted by Gasteiger charge is 2.14. The zero-order valence-electron chi connectivity index (χ0n) is 16.5. The van der Waals surface area contributed by atoms with Gasteiger partial charge in [-0.05, 0) is 66.0 Å². The van der Waals surface area contributed by atoms with Crippen LogP contribution in [-0.4, -0.2) is 20.9 Å². The normalized spacial score (nSPS) is 11.1. The first-order chi connectivity index (χ1) is 15.6. The molecule has 0 fully saturated rings. The molecule has 0 atom stereocenters. The van der Waals surface area contributed by atoms with Gasteiger partial charge in [0.1, 0.15) is 5.82 Å². The van der Waals surface area contributed by atoms with Crippen molar-refractivity contribution in [3.8, 4) is 22.5 Å². The van der Waals surface area contributed by atoms with Gasteiger partial charge in [-0.2, -0.15) is 0 Å². The predicted octanol–water partition coefficient (Wildman–Crippen LogP) is 5.76. The number of nitrogens with zero attached hydrogens (tertiary/aromatic N) is 2. The zero-order chi connectivity index (χ0) is 22.1. The highest BCUT2D eigenvalue weighted by Crippen LogP contribution is 2.31. The number of carbonyl (C=O) groups is 1. The Morgan fingerprint density at radius 1 is 1.09 bits per heavy atom. The highest BCUT2D eigenvalue weighted by atomic mass is 35.5. The van der Waals surface area contributed by atoms with Crippen LogP contribution < -0.4 is 10.5 Å². The van der Waals surface area contributed by atoms with E-state index in [1.165, 1.54) is 18.2 Å². The van der Waals surface area contributed by atoms with Gasteiger partial charge in [-0.3, -0.25) is 9.93 Å². The fourth-order valence-corrected chi connectivity index (χ4v) is 3.80. The van der Waals surface area contributed by atoms with Gasteiger partial charge in [0.15, 0.2) is 11.4 Å². The number of aromatic amines is 1. The molecule has 2 aromatic carbocycles. The SMILES string of the molecule is NSc1ccc(-c2cnc3nc(-c4cc(NC(=O)c5ccco5)ccc4Cl)[nH]c3c2)cc1. The lowest BCUT2D eigenvalue weighted by molar-refractivity contribution is 0.0996. The van der Waals surface area contributed by atoms with Gasteiger partial charge < -0.3 is 14.7 Å². The second-order valence-electron chi connectivity index (χ2n) is 6.95. The number of halogens is 1. The smallest absolute Gasteiger partial charge is 0.291 e. The minimum atomic E-state index is -0.349. The molecule has 0 saturated carbocycles. The Balaban J connectivity index is 1.46. The number of furan rings is 1. The highest BCUT2D eigenvalue weighted by molar-refractivity contribution is 7.97. The van der Waals surface area contributed by atoms with Crippen LogP contribution in [0.1, 0.15) is 10.6 Å². The summed E-state index contributed by atoms with van der Waals surface area (Å²) >= 11 is 7.63. The van der Waals surface area contributed by atoms with Crippen LogP contribution in [0.3, 0.4) is 0 Å². The summed E-state index contributed by atoms with van der Waals surface area (Å²) in [6, 6.07) is 18.3. The molecule has 32 heavy (non-hydrogen) atoms. The molecule has 7 nitrogen and oxygen atoms in total. The maximum Gasteiger partial charge on any atom is 0.291 e. The second kappa shape index (κ2) is 8.51. The van der Waals surface area contributed by atoms with Gasteiger partial charge in [-0.25, -0.2) is 9.97 Å². The summed E-state index contributed by atoms with van der Waals surface area (Å²) in [4.78, 5) is 25.6. The number of carbonyl (C=O) groups excluding carboxylic acids is 1. The van der Waals surface area contributed by atoms with Gasteiger partial charge >= 0.3 is 0 Å². The van der Waals surface area contributed by atoms with E-state index in [1.807, 2.05) is 30.3 Å². The quantitative estimate of drug-likeness (QED) is 0.287. The number of aromatic nitrogens is 3. The summed E-state index contributed by atoms with van der Waals surface area (Å²) in [5.41, 5.74) is 4.53. The largest absolute Gasteiger partial charge is 0.459 e. The van der Waals surface area contributed by atoms with Gasteiger partial charge in [-0.1, -0.05) is 23.7 Å². The third kappa shape index (κ3) is 3.99. The summed E-state index contributed by atoms with van der Waals surface area (Å²) in [5, 5.41) is 8.89. The van der Waals surface area contributed by atoms with Crippen molar-refractivity contribution in [2.75, 3.05) is 5.32 Å². The Hall–Kier alpha value is -3.59. The molecular formula is C23H16ClN5O2S. The Morgan fingerprint density at radius 3 is 2.69 bits per heavy atom. The van der Waals surface area contributed by atoms with Crippen LogP contribution >= 0.6 is 23.5 Å². The molecule has 158 valence electrons. The molecule has 1 amide bonds. The van der Waals surface area contributed by atoms with E-state index in [0.29, 0.717) is 27.7 Å². The summed E-state index contributed by atoms with van der Waals surface area (Å²) < 4.78 is 5.13. The molecule has 9 heteroatoms. The first-order valence-electron chi connectivity index (χ1n) is 9.58. The van der Waals surface area contributed by atoms with Crippen molar-refractivity contribution in [2.45, 2.75) is 4.90 Å². The number of fused-ring (bicyclic) bond motifs is 1. The maximum absolute atomic E-state index is 12.3. The third-order valence-electron chi connectivity index (χ3n) is 4.89. The van der Waals surface area contributed by atoms with E-state index in [0.717, 1.165) is 21.5 Å². The van der Waals surface area contributed by atoms with Crippen molar-refractivity contribution < 1.29 is 9.21 Å². The fourth-order valence-electron chi connectivity index (χ4n) is 3.30. The van der Waals surface area contributed by atoms with Crippen molar-refractivity contribution in [3.63, 3.8) is 0 Å².